The van der Waals surface area contributed by atoms with E-state index in [4.69, 9.17) is 5.73 Å². The largest absolute Gasteiger partial charge is 0.322 e. The summed E-state index contributed by atoms with van der Waals surface area (Å²) in [4.78, 5) is 6.74. The number of aryl methyl sites for hydroxylation is 1. The first kappa shape index (κ1) is 14.5. The predicted octanol–water partition coefficient (Wildman–Crippen LogP) is 2.90. The second-order valence-corrected chi connectivity index (χ2v) is 6.39. The average Bonchev–Trinajstić information content (AvgIpc) is 2.39. The lowest BCUT2D eigenvalue weighted by molar-refractivity contribution is 0.0563. The van der Waals surface area contributed by atoms with Gasteiger partial charge in [-0.1, -0.05) is 13.0 Å². The van der Waals surface area contributed by atoms with E-state index in [0.29, 0.717) is 0 Å². The molecule has 106 valence electrons. The van der Waals surface area contributed by atoms with E-state index < -0.39 is 0 Å². The molecule has 19 heavy (non-hydrogen) atoms. The van der Waals surface area contributed by atoms with Gasteiger partial charge in [0.05, 0.1) is 0 Å². The molecule has 2 rings (SSSR count). The van der Waals surface area contributed by atoms with E-state index in [2.05, 4.69) is 43.0 Å². The molecule has 1 fully saturated rings. The summed E-state index contributed by atoms with van der Waals surface area (Å²) >= 11 is 0. The van der Waals surface area contributed by atoms with Crippen LogP contribution in [0.4, 0.5) is 0 Å². The zero-order chi connectivity index (χ0) is 14.0. The Morgan fingerprint density at radius 1 is 1.32 bits per heavy atom. The van der Waals surface area contributed by atoms with Crippen molar-refractivity contribution in [1.82, 2.24) is 9.88 Å². The van der Waals surface area contributed by atoms with Crippen LogP contribution in [0.3, 0.4) is 0 Å². The van der Waals surface area contributed by atoms with Crippen LogP contribution in [0.2, 0.25) is 0 Å². The van der Waals surface area contributed by atoms with Gasteiger partial charge in [-0.15, -0.1) is 0 Å². The number of hydrogen-bond acceptors (Lipinski definition) is 3. The Morgan fingerprint density at radius 2 is 1.95 bits per heavy atom. The van der Waals surface area contributed by atoms with Gasteiger partial charge in [-0.3, -0.25) is 4.98 Å². The highest BCUT2D eigenvalue weighted by Gasteiger charge is 2.42. The quantitative estimate of drug-likeness (QED) is 0.909. The van der Waals surface area contributed by atoms with Crippen molar-refractivity contribution in [3.63, 3.8) is 0 Å². The summed E-state index contributed by atoms with van der Waals surface area (Å²) in [6.45, 7) is 4.36. The smallest absolute Gasteiger partial charge is 0.0497 e. The minimum atomic E-state index is 0.0445. The third-order valence-electron chi connectivity index (χ3n) is 4.90. The van der Waals surface area contributed by atoms with Crippen molar-refractivity contribution in [1.29, 1.82) is 0 Å². The number of nitrogens with two attached hydrogens (primary N) is 1. The maximum Gasteiger partial charge on any atom is 0.0497 e. The standard InChI is InChI=1S/C16H27N3/c1-12-7-9-16(10-8-12,19(3)4)15(17)14-6-5-13(2)18-11-14/h5-6,11-12,15H,7-10,17H2,1-4H3. The van der Waals surface area contributed by atoms with Gasteiger partial charge in [-0.05, 0) is 64.3 Å². The molecule has 1 aromatic heterocycles. The fourth-order valence-electron chi connectivity index (χ4n) is 3.27. The minimum Gasteiger partial charge on any atom is -0.322 e. The van der Waals surface area contributed by atoms with Crippen LogP contribution in [0.25, 0.3) is 0 Å². The zero-order valence-corrected chi connectivity index (χ0v) is 12.7. The number of hydrogen-bond donors (Lipinski definition) is 1. The van der Waals surface area contributed by atoms with Gasteiger partial charge in [0.2, 0.25) is 0 Å². The molecule has 3 nitrogen and oxygen atoms in total. The van der Waals surface area contributed by atoms with Gasteiger partial charge in [0.15, 0.2) is 0 Å². The minimum absolute atomic E-state index is 0.0445. The molecule has 1 atom stereocenters. The van der Waals surface area contributed by atoms with Gasteiger partial charge < -0.3 is 10.6 Å². The molecule has 1 aromatic rings. The molecule has 2 N–H and O–H groups in total. The lowest BCUT2D eigenvalue weighted by Gasteiger charge is -2.48. The second kappa shape index (κ2) is 5.59. The molecule has 0 amide bonds. The summed E-state index contributed by atoms with van der Waals surface area (Å²) in [6, 6.07) is 4.24. The summed E-state index contributed by atoms with van der Waals surface area (Å²) in [5.74, 6) is 0.830. The predicted molar refractivity (Wildman–Crippen MR) is 80.0 cm³/mol. The maximum absolute atomic E-state index is 6.62. The van der Waals surface area contributed by atoms with E-state index >= 15 is 0 Å². The second-order valence-electron chi connectivity index (χ2n) is 6.39. The Kier molecular flexibility index (Phi) is 4.26. The fourth-order valence-corrected chi connectivity index (χ4v) is 3.27. The van der Waals surface area contributed by atoms with Crippen LogP contribution >= 0.6 is 0 Å². The number of likely N-dealkylation sites (N-methyl/N-ethyl adjacent to an activating group) is 1. The third-order valence-corrected chi connectivity index (χ3v) is 4.90. The maximum atomic E-state index is 6.62. The van der Waals surface area contributed by atoms with Crippen molar-refractivity contribution < 1.29 is 0 Å². The average molecular weight is 261 g/mol. The Labute approximate surface area is 117 Å². The van der Waals surface area contributed by atoms with Crippen molar-refractivity contribution in [3.8, 4) is 0 Å². The molecule has 0 saturated heterocycles. The van der Waals surface area contributed by atoms with Crippen molar-refractivity contribution in [2.45, 2.75) is 51.1 Å². The Morgan fingerprint density at radius 3 is 2.42 bits per heavy atom. The number of pyridine rings is 1. The molecule has 1 saturated carbocycles. The van der Waals surface area contributed by atoms with E-state index in [1.165, 1.54) is 25.7 Å². The molecule has 1 unspecified atom stereocenters. The van der Waals surface area contributed by atoms with Crippen LogP contribution in [-0.4, -0.2) is 29.5 Å². The van der Waals surface area contributed by atoms with Crippen molar-refractivity contribution in [3.05, 3.63) is 29.6 Å². The summed E-state index contributed by atoms with van der Waals surface area (Å²) < 4.78 is 0. The highest BCUT2D eigenvalue weighted by atomic mass is 15.2. The van der Waals surface area contributed by atoms with Crippen LogP contribution in [0.15, 0.2) is 18.3 Å². The Hall–Kier alpha value is -0.930. The lowest BCUT2D eigenvalue weighted by Crippen LogP contribution is -2.54. The van der Waals surface area contributed by atoms with E-state index in [9.17, 15) is 0 Å². The van der Waals surface area contributed by atoms with Crippen molar-refractivity contribution >= 4 is 0 Å². The normalized spacial score (nSPS) is 29.5. The van der Waals surface area contributed by atoms with Gasteiger partial charge in [-0.25, -0.2) is 0 Å². The SMILES string of the molecule is Cc1ccc(C(N)C2(N(C)C)CCC(C)CC2)cn1. The summed E-state index contributed by atoms with van der Waals surface area (Å²) in [5, 5.41) is 0. The molecule has 1 aliphatic rings. The highest BCUT2D eigenvalue weighted by molar-refractivity contribution is 5.22. The fraction of sp³-hybridized carbons (Fsp3) is 0.688. The van der Waals surface area contributed by atoms with Crippen molar-refractivity contribution in [2.24, 2.45) is 11.7 Å². The van der Waals surface area contributed by atoms with Gasteiger partial charge in [-0.2, -0.15) is 0 Å². The van der Waals surface area contributed by atoms with Gasteiger partial charge in [0.1, 0.15) is 0 Å². The molecular formula is C16H27N3. The number of rotatable bonds is 3. The van der Waals surface area contributed by atoms with E-state index in [1.54, 1.807) is 0 Å². The molecular weight excluding hydrogens is 234 g/mol. The monoisotopic (exact) mass is 261 g/mol. The van der Waals surface area contributed by atoms with Crippen LogP contribution in [0.1, 0.15) is 49.9 Å². The topological polar surface area (TPSA) is 42.1 Å². The van der Waals surface area contributed by atoms with Gasteiger partial charge >= 0.3 is 0 Å². The molecule has 0 bridgehead atoms. The van der Waals surface area contributed by atoms with Crippen LogP contribution in [0.5, 0.6) is 0 Å². The zero-order valence-electron chi connectivity index (χ0n) is 12.7. The summed E-state index contributed by atoms with van der Waals surface area (Å²) in [5.41, 5.74) is 8.92. The lowest BCUT2D eigenvalue weighted by atomic mass is 9.71. The van der Waals surface area contributed by atoms with E-state index in [-0.39, 0.29) is 11.6 Å². The first-order valence-electron chi connectivity index (χ1n) is 7.31. The highest BCUT2D eigenvalue weighted by Crippen LogP contribution is 2.42. The summed E-state index contributed by atoms with van der Waals surface area (Å²) in [7, 11) is 4.33. The van der Waals surface area contributed by atoms with E-state index in [0.717, 1.165) is 17.2 Å². The number of nitrogens with zero attached hydrogens (tertiary/aromatic N) is 2. The Bertz CT molecular complexity index is 403. The molecule has 0 aliphatic heterocycles. The van der Waals surface area contributed by atoms with Crippen molar-refractivity contribution in [2.75, 3.05) is 14.1 Å². The van der Waals surface area contributed by atoms with E-state index in [1.807, 2.05) is 13.1 Å². The third kappa shape index (κ3) is 2.82. The van der Waals surface area contributed by atoms with Crippen LogP contribution in [-0.2, 0) is 0 Å². The molecule has 0 aromatic carbocycles. The van der Waals surface area contributed by atoms with Gasteiger partial charge in [0, 0.05) is 23.5 Å². The first-order valence-corrected chi connectivity index (χ1v) is 7.31. The first-order chi connectivity index (χ1) is 8.95. The van der Waals surface area contributed by atoms with Gasteiger partial charge in [0.25, 0.3) is 0 Å². The molecule has 0 spiro atoms. The van der Waals surface area contributed by atoms with Crippen LogP contribution < -0.4 is 5.73 Å². The molecule has 1 heterocycles. The van der Waals surface area contributed by atoms with Crippen LogP contribution in [0, 0.1) is 12.8 Å². The Balaban J connectivity index is 2.26. The number of aromatic nitrogens is 1. The molecule has 0 radical (unpaired) electrons. The molecule has 1 aliphatic carbocycles. The summed E-state index contributed by atoms with van der Waals surface area (Å²) in [6.07, 6.45) is 6.84. The molecule has 3 heteroatoms.